The molecule has 0 amide bonds. The SMILES string of the molecule is Nc1cccc(-c2nccc(-c3ccc(Br)cc3)n2)c1. The van der Waals surface area contributed by atoms with Crippen LogP contribution in [0.4, 0.5) is 5.69 Å². The highest BCUT2D eigenvalue weighted by Crippen LogP contribution is 2.23. The quantitative estimate of drug-likeness (QED) is 0.720. The van der Waals surface area contributed by atoms with Gasteiger partial charge in [-0.05, 0) is 30.3 Å². The van der Waals surface area contributed by atoms with Gasteiger partial charge in [-0.25, -0.2) is 9.97 Å². The number of halogens is 1. The molecule has 0 spiro atoms. The lowest BCUT2D eigenvalue weighted by atomic mass is 10.1. The van der Waals surface area contributed by atoms with Crippen molar-refractivity contribution in [1.29, 1.82) is 0 Å². The van der Waals surface area contributed by atoms with Crippen LogP contribution in [0.25, 0.3) is 22.6 Å². The number of aromatic nitrogens is 2. The van der Waals surface area contributed by atoms with E-state index in [0.29, 0.717) is 11.5 Å². The molecule has 1 heterocycles. The van der Waals surface area contributed by atoms with E-state index in [0.717, 1.165) is 21.3 Å². The van der Waals surface area contributed by atoms with E-state index in [4.69, 9.17) is 5.73 Å². The van der Waals surface area contributed by atoms with Crippen LogP contribution in [0.2, 0.25) is 0 Å². The van der Waals surface area contributed by atoms with Gasteiger partial charge in [-0.3, -0.25) is 0 Å². The molecule has 3 aromatic rings. The summed E-state index contributed by atoms with van der Waals surface area (Å²) in [5, 5.41) is 0. The lowest BCUT2D eigenvalue weighted by molar-refractivity contribution is 1.18. The zero-order valence-corrected chi connectivity index (χ0v) is 12.2. The topological polar surface area (TPSA) is 51.8 Å². The maximum absolute atomic E-state index is 5.80. The van der Waals surface area contributed by atoms with E-state index in [1.165, 1.54) is 0 Å². The van der Waals surface area contributed by atoms with E-state index in [9.17, 15) is 0 Å². The highest BCUT2D eigenvalue weighted by atomic mass is 79.9. The Bertz CT molecular complexity index is 739. The van der Waals surface area contributed by atoms with Gasteiger partial charge in [-0.1, -0.05) is 40.2 Å². The van der Waals surface area contributed by atoms with Gasteiger partial charge in [-0.2, -0.15) is 0 Å². The van der Waals surface area contributed by atoms with Crippen LogP contribution in [-0.4, -0.2) is 9.97 Å². The molecule has 4 heteroatoms. The lowest BCUT2D eigenvalue weighted by Crippen LogP contribution is -1.92. The third kappa shape index (κ3) is 2.70. The first-order valence-electron chi connectivity index (χ1n) is 6.17. The van der Waals surface area contributed by atoms with Gasteiger partial charge in [-0.15, -0.1) is 0 Å². The van der Waals surface area contributed by atoms with Crippen LogP contribution in [0.5, 0.6) is 0 Å². The van der Waals surface area contributed by atoms with Crippen molar-refractivity contribution in [2.24, 2.45) is 0 Å². The Morgan fingerprint density at radius 2 is 1.70 bits per heavy atom. The van der Waals surface area contributed by atoms with Crippen molar-refractivity contribution in [2.45, 2.75) is 0 Å². The van der Waals surface area contributed by atoms with Crippen molar-refractivity contribution in [2.75, 3.05) is 5.73 Å². The number of hydrogen-bond donors (Lipinski definition) is 1. The molecular formula is C16H12BrN3. The average molecular weight is 326 g/mol. The Labute approximate surface area is 125 Å². The maximum Gasteiger partial charge on any atom is 0.159 e. The molecule has 0 unspecified atom stereocenters. The molecule has 0 aliphatic rings. The first-order valence-corrected chi connectivity index (χ1v) is 6.96. The first kappa shape index (κ1) is 12.8. The van der Waals surface area contributed by atoms with Gasteiger partial charge in [0.15, 0.2) is 5.82 Å². The van der Waals surface area contributed by atoms with Crippen LogP contribution in [0.3, 0.4) is 0 Å². The highest BCUT2D eigenvalue weighted by molar-refractivity contribution is 9.10. The van der Waals surface area contributed by atoms with Gasteiger partial charge in [0.2, 0.25) is 0 Å². The fourth-order valence-electron chi connectivity index (χ4n) is 1.96. The minimum atomic E-state index is 0.678. The molecule has 0 saturated carbocycles. The molecule has 98 valence electrons. The average Bonchev–Trinajstić information content (AvgIpc) is 2.48. The smallest absolute Gasteiger partial charge is 0.159 e. The van der Waals surface area contributed by atoms with E-state index in [1.54, 1.807) is 6.20 Å². The Morgan fingerprint density at radius 3 is 2.45 bits per heavy atom. The van der Waals surface area contributed by atoms with E-state index in [-0.39, 0.29) is 0 Å². The van der Waals surface area contributed by atoms with Crippen molar-refractivity contribution < 1.29 is 0 Å². The normalized spacial score (nSPS) is 10.4. The van der Waals surface area contributed by atoms with Crippen LogP contribution in [0, 0.1) is 0 Å². The predicted molar refractivity (Wildman–Crippen MR) is 85.0 cm³/mol. The third-order valence-electron chi connectivity index (χ3n) is 2.94. The summed E-state index contributed by atoms with van der Waals surface area (Å²) in [5.74, 6) is 0.678. The van der Waals surface area contributed by atoms with E-state index in [1.807, 2.05) is 54.6 Å². The second-order valence-electron chi connectivity index (χ2n) is 4.40. The highest BCUT2D eigenvalue weighted by Gasteiger charge is 2.05. The van der Waals surface area contributed by atoms with Crippen molar-refractivity contribution in [3.8, 4) is 22.6 Å². The molecule has 3 nitrogen and oxygen atoms in total. The number of nitrogens with zero attached hydrogens (tertiary/aromatic N) is 2. The summed E-state index contributed by atoms with van der Waals surface area (Å²) in [7, 11) is 0. The van der Waals surface area contributed by atoms with Crippen LogP contribution in [-0.2, 0) is 0 Å². The van der Waals surface area contributed by atoms with E-state index < -0.39 is 0 Å². The van der Waals surface area contributed by atoms with E-state index >= 15 is 0 Å². The molecular weight excluding hydrogens is 314 g/mol. The molecule has 0 saturated heterocycles. The second kappa shape index (κ2) is 5.43. The van der Waals surface area contributed by atoms with Gasteiger partial charge in [0.25, 0.3) is 0 Å². The summed E-state index contributed by atoms with van der Waals surface area (Å²) in [6.45, 7) is 0. The summed E-state index contributed by atoms with van der Waals surface area (Å²) >= 11 is 3.43. The Kier molecular flexibility index (Phi) is 3.48. The number of hydrogen-bond acceptors (Lipinski definition) is 3. The molecule has 1 aromatic heterocycles. The van der Waals surface area contributed by atoms with Gasteiger partial charge < -0.3 is 5.73 Å². The maximum atomic E-state index is 5.80. The largest absolute Gasteiger partial charge is 0.399 e. The van der Waals surface area contributed by atoms with Crippen LogP contribution < -0.4 is 5.73 Å². The molecule has 0 bridgehead atoms. The van der Waals surface area contributed by atoms with Crippen LogP contribution in [0.1, 0.15) is 0 Å². The predicted octanol–water partition coefficient (Wildman–Crippen LogP) is 4.16. The Morgan fingerprint density at radius 1 is 0.900 bits per heavy atom. The summed E-state index contributed by atoms with van der Waals surface area (Å²) in [6.07, 6.45) is 1.77. The van der Waals surface area contributed by atoms with Crippen LogP contribution >= 0.6 is 15.9 Å². The third-order valence-corrected chi connectivity index (χ3v) is 3.47. The minimum Gasteiger partial charge on any atom is -0.399 e. The molecule has 0 atom stereocenters. The van der Waals surface area contributed by atoms with Crippen LogP contribution in [0.15, 0.2) is 65.3 Å². The summed E-state index contributed by atoms with van der Waals surface area (Å²) in [5.41, 5.74) is 9.38. The monoisotopic (exact) mass is 325 g/mol. The van der Waals surface area contributed by atoms with Crippen molar-refractivity contribution in [1.82, 2.24) is 9.97 Å². The van der Waals surface area contributed by atoms with Crippen molar-refractivity contribution in [3.05, 3.63) is 65.3 Å². The zero-order valence-electron chi connectivity index (χ0n) is 10.6. The number of nitrogens with two attached hydrogens (primary N) is 1. The molecule has 0 fully saturated rings. The number of nitrogen functional groups attached to an aromatic ring is 1. The Hall–Kier alpha value is -2.20. The number of anilines is 1. The molecule has 0 radical (unpaired) electrons. The van der Waals surface area contributed by atoms with E-state index in [2.05, 4.69) is 25.9 Å². The second-order valence-corrected chi connectivity index (χ2v) is 5.31. The summed E-state index contributed by atoms with van der Waals surface area (Å²) in [6, 6.07) is 17.5. The standard InChI is InChI=1S/C16H12BrN3/c17-13-6-4-11(5-7-13)15-8-9-19-16(20-15)12-2-1-3-14(18)10-12/h1-10H,18H2. The van der Waals surface area contributed by atoms with Crippen molar-refractivity contribution >= 4 is 21.6 Å². The molecule has 2 N–H and O–H groups in total. The lowest BCUT2D eigenvalue weighted by Gasteiger charge is -2.05. The fourth-order valence-corrected chi connectivity index (χ4v) is 2.22. The summed E-state index contributed by atoms with van der Waals surface area (Å²) < 4.78 is 1.05. The molecule has 0 aliphatic carbocycles. The van der Waals surface area contributed by atoms with Gasteiger partial charge in [0.1, 0.15) is 0 Å². The molecule has 20 heavy (non-hydrogen) atoms. The minimum absolute atomic E-state index is 0.678. The Balaban J connectivity index is 2.03. The fraction of sp³-hybridized carbons (Fsp3) is 0. The van der Waals surface area contributed by atoms with Gasteiger partial charge >= 0.3 is 0 Å². The number of benzene rings is 2. The van der Waals surface area contributed by atoms with Gasteiger partial charge in [0, 0.05) is 27.5 Å². The molecule has 2 aromatic carbocycles. The number of rotatable bonds is 2. The first-order chi connectivity index (χ1) is 9.72. The molecule has 0 aliphatic heterocycles. The molecule has 3 rings (SSSR count). The zero-order chi connectivity index (χ0) is 13.9. The van der Waals surface area contributed by atoms with Crippen molar-refractivity contribution in [3.63, 3.8) is 0 Å². The summed E-state index contributed by atoms with van der Waals surface area (Å²) in [4.78, 5) is 8.92. The van der Waals surface area contributed by atoms with Gasteiger partial charge in [0.05, 0.1) is 5.69 Å².